The van der Waals surface area contributed by atoms with Gasteiger partial charge in [0.25, 0.3) is 0 Å². The normalized spacial score (nSPS) is 11.8. The van der Waals surface area contributed by atoms with Gasteiger partial charge in [-0.05, 0) is 25.3 Å². The predicted molar refractivity (Wildman–Crippen MR) is 80.2 cm³/mol. The standard InChI is InChI=1S/C13H19N3O3S/c1-9(8-20-3)16(2)13(19)15-11-5-4-10(14-7-11)6-12(17)18/h4-5,7,9H,6,8H2,1-3H3,(H,15,19)(H,17,18). The molecule has 7 heteroatoms. The second kappa shape index (κ2) is 7.74. The first-order valence-electron chi connectivity index (χ1n) is 6.13. The summed E-state index contributed by atoms with van der Waals surface area (Å²) in [5.74, 6) is -0.0698. The van der Waals surface area contributed by atoms with E-state index < -0.39 is 5.97 Å². The van der Waals surface area contributed by atoms with Crippen LogP contribution in [0.15, 0.2) is 18.3 Å². The van der Waals surface area contributed by atoms with Gasteiger partial charge in [-0.15, -0.1) is 0 Å². The SMILES string of the molecule is CSCC(C)N(C)C(=O)Nc1ccc(CC(=O)O)nc1. The lowest BCUT2D eigenvalue weighted by atomic mass is 10.2. The van der Waals surface area contributed by atoms with E-state index in [1.54, 1.807) is 35.8 Å². The summed E-state index contributed by atoms with van der Waals surface area (Å²) in [6, 6.07) is 3.16. The molecule has 0 aliphatic carbocycles. The highest BCUT2D eigenvalue weighted by Gasteiger charge is 2.15. The van der Waals surface area contributed by atoms with E-state index in [-0.39, 0.29) is 18.5 Å². The molecule has 0 saturated carbocycles. The van der Waals surface area contributed by atoms with Crippen LogP contribution in [0.5, 0.6) is 0 Å². The maximum Gasteiger partial charge on any atom is 0.321 e. The fourth-order valence-corrected chi connectivity index (χ4v) is 2.23. The Morgan fingerprint density at radius 3 is 2.70 bits per heavy atom. The largest absolute Gasteiger partial charge is 0.481 e. The van der Waals surface area contributed by atoms with Crippen molar-refractivity contribution in [2.45, 2.75) is 19.4 Å². The first-order chi connectivity index (χ1) is 9.43. The second-order valence-corrected chi connectivity index (χ2v) is 5.36. The van der Waals surface area contributed by atoms with Gasteiger partial charge in [0.1, 0.15) is 0 Å². The first kappa shape index (κ1) is 16.3. The van der Waals surface area contributed by atoms with Crippen molar-refractivity contribution in [3.8, 4) is 0 Å². The second-order valence-electron chi connectivity index (χ2n) is 4.45. The zero-order valence-corrected chi connectivity index (χ0v) is 12.6. The number of nitrogens with one attached hydrogen (secondary N) is 1. The Kier molecular flexibility index (Phi) is 6.30. The van der Waals surface area contributed by atoms with Crippen LogP contribution in [-0.4, -0.2) is 52.1 Å². The molecule has 0 aliphatic heterocycles. The van der Waals surface area contributed by atoms with Gasteiger partial charge in [-0.1, -0.05) is 0 Å². The van der Waals surface area contributed by atoms with Gasteiger partial charge in [-0.3, -0.25) is 9.78 Å². The van der Waals surface area contributed by atoms with Crippen LogP contribution in [0.1, 0.15) is 12.6 Å². The number of aliphatic carboxylic acids is 1. The molecular weight excluding hydrogens is 278 g/mol. The lowest BCUT2D eigenvalue weighted by Crippen LogP contribution is -2.39. The molecular formula is C13H19N3O3S. The Hall–Kier alpha value is -1.76. The number of urea groups is 1. The van der Waals surface area contributed by atoms with Crippen LogP contribution in [0.25, 0.3) is 0 Å². The molecule has 0 aliphatic rings. The molecule has 0 saturated heterocycles. The maximum atomic E-state index is 12.0. The van der Waals surface area contributed by atoms with Crippen molar-refractivity contribution < 1.29 is 14.7 Å². The number of carbonyl (C=O) groups is 2. The van der Waals surface area contributed by atoms with Crippen LogP contribution in [0.2, 0.25) is 0 Å². The molecule has 1 aromatic heterocycles. The summed E-state index contributed by atoms with van der Waals surface area (Å²) in [6.45, 7) is 1.98. The lowest BCUT2D eigenvalue weighted by molar-refractivity contribution is -0.136. The van der Waals surface area contributed by atoms with E-state index in [9.17, 15) is 9.59 Å². The summed E-state index contributed by atoms with van der Waals surface area (Å²) >= 11 is 1.68. The van der Waals surface area contributed by atoms with Gasteiger partial charge in [0, 0.05) is 18.8 Å². The molecule has 1 rings (SSSR count). The molecule has 0 aromatic carbocycles. The van der Waals surface area contributed by atoms with Crippen LogP contribution in [0, 0.1) is 0 Å². The number of nitrogens with zero attached hydrogens (tertiary/aromatic N) is 2. The number of carboxylic acids is 1. The third-order valence-corrected chi connectivity index (χ3v) is 3.61. The number of pyridine rings is 1. The molecule has 1 atom stereocenters. The average molecular weight is 297 g/mol. The average Bonchev–Trinajstić information content (AvgIpc) is 2.39. The summed E-state index contributed by atoms with van der Waals surface area (Å²) in [6.07, 6.45) is 3.33. The summed E-state index contributed by atoms with van der Waals surface area (Å²) in [7, 11) is 1.74. The molecule has 110 valence electrons. The van der Waals surface area contributed by atoms with Gasteiger partial charge in [-0.2, -0.15) is 11.8 Å². The number of amides is 2. The van der Waals surface area contributed by atoms with Crippen molar-refractivity contribution in [3.63, 3.8) is 0 Å². The minimum Gasteiger partial charge on any atom is -0.481 e. The summed E-state index contributed by atoms with van der Waals surface area (Å²) < 4.78 is 0. The number of rotatable bonds is 6. The molecule has 0 fully saturated rings. The lowest BCUT2D eigenvalue weighted by Gasteiger charge is -2.24. The van der Waals surface area contributed by atoms with Crippen LogP contribution in [0.4, 0.5) is 10.5 Å². The maximum absolute atomic E-state index is 12.0. The van der Waals surface area contributed by atoms with Gasteiger partial charge in [0.05, 0.1) is 24.0 Å². The van der Waals surface area contributed by atoms with Crippen molar-refractivity contribution in [1.82, 2.24) is 9.88 Å². The third-order valence-electron chi connectivity index (χ3n) is 2.80. The Morgan fingerprint density at radius 2 is 2.20 bits per heavy atom. The highest BCUT2D eigenvalue weighted by Crippen LogP contribution is 2.10. The van der Waals surface area contributed by atoms with E-state index in [2.05, 4.69) is 10.3 Å². The molecule has 0 bridgehead atoms. The van der Waals surface area contributed by atoms with Gasteiger partial charge < -0.3 is 15.3 Å². The van der Waals surface area contributed by atoms with E-state index in [1.807, 2.05) is 13.2 Å². The van der Waals surface area contributed by atoms with Crippen molar-refractivity contribution in [3.05, 3.63) is 24.0 Å². The first-order valence-corrected chi connectivity index (χ1v) is 7.53. The topological polar surface area (TPSA) is 82.5 Å². The number of aromatic nitrogens is 1. The third kappa shape index (κ3) is 5.08. The minimum atomic E-state index is -0.931. The van der Waals surface area contributed by atoms with Crippen molar-refractivity contribution in [2.24, 2.45) is 0 Å². The van der Waals surface area contributed by atoms with Crippen LogP contribution in [0.3, 0.4) is 0 Å². The van der Waals surface area contributed by atoms with E-state index in [1.165, 1.54) is 6.20 Å². The monoisotopic (exact) mass is 297 g/mol. The fraction of sp³-hybridized carbons (Fsp3) is 0.462. The summed E-state index contributed by atoms with van der Waals surface area (Å²) in [5, 5.41) is 11.4. The van der Waals surface area contributed by atoms with Crippen molar-refractivity contribution in [2.75, 3.05) is 24.4 Å². The Morgan fingerprint density at radius 1 is 1.50 bits per heavy atom. The molecule has 1 unspecified atom stereocenters. The quantitative estimate of drug-likeness (QED) is 0.838. The van der Waals surface area contributed by atoms with Crippen LogP contribution < -0.4 is 5.32 Å². The van der Waals surface area contributed by atoms with Crippen LogP contribution in [-0.2, 0) is 11.2 Å². The Bertz CT molecular complexity index is 464. The number of anilines is 1. The molecule has 2 N–H and O–H groups in total. The Balaban J connectivity index is 2.59. The van der Waals surface area contributed by atoms with E-state index in [0.29, 0.717) is 11.4 Å². The molecule has 6 nitrogen and oxygen atoms in total. The minimum absolute atomic E-state index is 0.126. The molecule has 0 radical (unpaired) electrons. The summed E-state index contributed by atoms with van der Waals surface area (Å²) in [5.41, 5.74) is 1.01. The van der Waals surface area contributed by atoms with E-state index in [4.69, 9.17) is 5.11 Å². The van der Waals surface area contributed by atoms with Crippen molar-refractivity contribution >= 4 is 29.4 Å². The fourth-order valence-electron chi connectivity index (χ4n) is 1.52. The van der Waals surface area contributed by atoms with E-state index in [0.717, 1.165) is 5.75 Å². The predicted octanol–water partition coefficient (Wildman–Crippen LogP) is 1.92. The highest BCUT2D eigenvalue weighted by molar-refractivity contribution is 7.98. The zero-order valence-electron chi connectivity index (χ0n) is 11.8. The van der Waals surface area contributed by atoms with Gasteiger partial charge in [-0.25, -0.2) is 4.79 Å². The molecule has 1 aromatic rings. The number of carboxylic acid groups (broad SMARTS) is 1. The molecule has 2 amide bonds. The van der Waals surface area contributed by atoms with E-state index >= 15 is 0 Å². The van der Waals surface area contributed by atoms with Crippen LogP contribution >= 0.6 is 11.8 Å². The number of carbonyl (C=O) groups excluding carboxylic acids is 1. The van der Waals surface area contributed by atoms with Gasteiger partial charge in [0.15, 0.2) is 0 Å². The highest BCUT2D eigenvalue weighted by atomic mass is 32.2. The van der Waals surface area contributed by atoms with Gasteiger partial charge in [0.2, 0.25) is 0 Å². The smallest absolute Gasteiger partial charge is 0.321 e. The van der Waals surface area contributed by atoms with Gasteiger partial charge >= 0.3 is 12.0 Å². The molecule has 1 heterocycles. The zero-order chi connectivity index (χ0) is 15.1. The number of hydrogen-bond donors (Lipinski definition) is 2. The number of thioether (sulfide) groups is 1. The van der Waals surface area contributed by atoms with Crippen molar-refractivity contribution in [1.29, 1.82) is 0 Å². The number of hydrogen-bond acceptors (Lipinski definition) is 4. The molecule has 20 heavy (non-hydrogen) atoms. The Labute approximate surface area is 122 Å². The molecule has 0 spiro atoms. The summed E-state index contributed by atoms with van der Waals surface area (Å²) in [4.78, 5) is 28.1.